The Morgan fingerprint density at radius 2 is 1.62 bits per heavy atom. The van der Waals surface area contributed by atoms with Crippen molar-refractivity contribution in [3.8, 4) is 5.75 Å². The summed E-state index contributed by atoms with van der Waals surface area (Å²) < 4.78 is 33.0. The van der Waals surface area contributed by atoms with E-state index in [0.29, 0.717) is 11.4 Å². The van der Waals surface area contributed by atoms with Crippen LogP contribution in [0.3, 0.4) is 0 Å². The molecule has 21 heavy (non-hydrogen) atoms. The molecule has 0 amide bonds. The third kappa shape index (κ3) is 3.98. The van der Waals surface area contributed by atoms with Crippen molar-refractivity contribution < 1.29 is 13.2 Å². The van der Waals surface area contributed by atoms with E-state index in [4.69, 9.17) is 4.74 Å². The second-order valence-electron chi connectivity index (χ2n) is 5.08. The van der Waals surface area contributed by atoms with Crippen molar-refractivity contribution in [2.24, 2.45) is 0 Å². The summed E-state index contributed by atoms with van der Waals surface area (Å²) in [5.41, 5.74) is 1.45. The van der Waals surface area contributed by atoms with Gasteiger partial charge in [0, 0.05) is 0 Å². The van der Waals surface area contributed by atoms with E-state index in [-0.39, 0.29) is 11.0 Å². The first-order valence-electron chi connectivity index (χ1n) is 6.73. The van der Waals surface area contributed by atoms with Crippen molar-refractivity contribution >= 4 is 15.7 Å². The van der Waals surface area contributed by atoms with Gasteiger partial charge in [-0.2, -0.15) is 0 Å². The number of rotatable bonds is 5. The van der Waals surface area contributed by atoms with Crippen molar-refractivity contribution in [1.29, 1.82) is 0 Å². The Kier molecular flexibility index (Phi) is 4.53. The molecule has 0 unspecified atom stereocenters. The fourth-order valence-electron chi connectivity index (χ4n) is 1.83. The van der Waals surface area contributed by atoms with Crippen LogP contribution in [0, 0.1) is 6.92 Å². The van der Waals surface area contributed by atoms with Gasteiger partial charge in [0.05, 0.1) is 16.7 Å². The number of ether oxygens (including phenoxy) is 1. The predicted octanol–water partition coefficient (Wildman–Crippen LogP) is 3.58. The Hall–Kier alpha value is -2.01. The van der Waals surface area contributed by atoms with Crippen LogP contribution in [-0.4, -0.2) is 14.5 Å². The number of aryl methyl sites for hydroxylation is 1. The summed E-state index contributed by atoms with van der Waals surface area (Å²) in [7, 11) is -3.62. The standard InChI is InChI=1S/C16H19NO3S/c1-12(2)20-16-7-5-4-6-15(16)17-21(18,19)14-10-8-13(3)9-11-14/h4-12,17H,1-3H3. The molecular formula is C16H19NO3S. The number of nitrogens with one attached hydrogen (secondary N) is 1. The summed E-state index contributed by atoms with van der Waals surface area (Å²) in [6.45, 7) is 5.70. The minimum Gasteiger partial charge on any atom is -0.489 e. The lowest BCUT2D eigenvalue weighted by molar-refractivity contribution is 0.244. The quantitative estimate of drug-likeness (QED) is 0.918. The van der Waals surface area contributed by atoms with Gasteiger partial charge in [0.25, 0.3) is 10.0 Å². The summed E-state index contributed by atoms with van der Waals surface area (Å²) >= 11 is 0. The maximum atomic E-state index is 12.4. The zero-order valence-corrected chi connectivity index (χ0v) is 13.1. The van der Waals surface area contributed by atoms with Crippen LogP contribution >= 0.6 is 0 Å². The number of hydrogen-bond donors (Lipinski definition) is 1. The van der Waals surface area contributed by atoms with Crippen LogP contribution in [0.2, 0.25) is 0 Å². The molecule has 5 heteroatoms. The second-order valence-corrected chi connectivity index (χ2v) is 6.76. The number of sulfonamides is 1. The lowest BCUT2D eigenvalue weighted by atomic mass is 10.2. The molecule has 0 fully saturated rings. The highest BCUT2D eigenvalue weighted by atomic mass is 32.2. The van der Waals surface area contributed by atoms with Gasteiger partial charge in [-0.05, 0) is 45.0 Å². The highest BCUT2D eigenvalue weighted by Crippen LogP contribution is 2.27. The summed E-state index contributed by atoms with van der Waals surface area (Å²) in [5.74, 6) is 0.517. The Labute approximate surface area is 125 Å². The molecule has 0 heterocycles. The first-order valence-corrected chi connectivity index (χ1v) is 8.22. The van der Waals surface area contributed by atoms with E-state index in [9.17, 15) is 8.42 Å². The molecule has 4 nitrogen and oxygen atoms in total. The molecule has 0 spiro atoms. The molecule has 0 aliphatic rings. The van der Waals surface area contributed by atoms with Crippen LogP contribution in [0.25, 0.3) is 0 Å². The second kappa shape index (κ2) is 6.18. The number of para-hydroxylation sites is 2. The normalized spacial score (nSPS) is 11.4. The van der Waals surface area contributed by atoms with Gasteiger partial charge < -0.3 is 4.74 Å². The van der Waals surface area contributed by atoms with Crippen LogP contribution in [0.5, 0.6) is 5.75 Å². The van der Waals surface area contributed by atoms with E-state index in [0.717, 1.165) is 5.56 Å². The minimum atomic E-state index is -3.62. The van der Waals surface area contributed by atoms with Gasteiger partial charge in [-0.15, -0.1) is 0 Å². The largest absolute Gasteiger partial charge is 0.489 e. The Bertz CT molecular complexity index is 707. The van der Waals surface area contributed by atoms with E-state index in [1.807, 2.05) is 20.8 Å². The molecule has 0 atom stereocenters. The maximum Gasteiger partial charge on any atom is 0.262 e. The highest BCUT2D eigenvalue weighted by Gasteiger charge is 2.16. The van der Waals surface area contributed by atoms with Crippen LogP contribution in [0.1, 0.15) is 19.4 Å². The molecule has 0 radical (unpaired) electrons. The third-order valence-corrected chi connectivity index (χ3v) is 4.21. The molecule has 2 rings (SSSR count). The van der Waals surface area contributed by atoms with Crippen molar-refractivity contribution in [2.45, 2.75) is 31.8 Å². The molecule has 112 valence electrons. The number of hydrogen-bond acceptors (Lipinski definition) is 3. The van der Waals surface area contributed by atoms with E-state index in [2.05, 4.69) is 4.72 Å². The van der Waals surface area contributed by atoms with Crippen molar-refractivity contribution in [3.63, 3.8) is 0 Å². The first kappa shape index (κ1) is 15.4. The lowest BCUT2D eigenvalue weighted by Crippen LogP contribution is -2.15. The van der Waals surface area contributed by atoms with Crippen LogP contribution in [-0.2, 0) is 10.0 Å². The highest BCUT2D eigenvalue weighted by molar-refractivity contribution is 7.92. The molecule has 0 aromatic heterocycles. The summed E-state index contributed by atoms with van der Waals surface area (Å²) in [4.78, 5) is 0.229. The van der Waals surface area contributed by atoms with E-state index >= 15 is 0 Å². The lowest BCUT2D eigenvalue weighted by Gasteiger charge is -2.15. The average molecular weight is 305 g/mol. The van der Waals surface area contributed by atoms with Crippen LogP contribution in [0.15, 0.2) is 53.4 Å². The van der Waals surface area contributed by atoms with Crippen molar-refractivity contribution in [3.05, 3.63) is 54.1 Å². The monoisotopic (exact) mass is 305 g/mol. The summed E-state index contributed by atoms with van der Waals surface area (Å²) in [6.07, 6.45) is -0.0324. The Balaban J connectivity index is 2.30. The number of anilines is 1. The zero-order chi connectivity index (χ0) is 15.5. The predicted molar refractivity (Wildman–Crippen MR) is 84.2 cm³/mol. The van der Waals surface area contributed by atoms with Crippen molar-refractivity contribution in [2.75, 3.05) is 4.72 Å². The molecule has 0 bridgehead atoms. The Morgan fingerprint density at radius 1 is 1.00 bits per heavy atom. The third-order valence-electron chi connectivity index (χ3n) is 2.83. The zero-order valence-electron chi connectivity index (χ0n) is 12.3. The molecule has 0 saturated carbocycles. The van der Waals surface area contributed by atoms with Gasteiger partial charge in [0.2, 0.25) is 0 Å². The molecular weight excluding hydrogens is 286 g/mol. The smallest absolute Gasteiger partial charge is 0.262 e. The summed E-state index contributed by atoms with van der Waals surface area (Å²) in [6, 6.07) is 13.7. The van der Waals surface area contributed by atoms with Gasteiger partial charge in [-0.3, -0.25) is 4.72 Å². The molecule has 0 aliphatic carbocycles. The number of benzene rings is 2. The van der Waals surface area contributed by atoms with E-state index in [1.165, 1.54) is 0 Å². The Morgan fingerprint density at radius 3 is 2.24 bits per heavy atom. The van der Waals surface area contributed by atoms with Gasteiger partial charge in [-0.1, -0.05) is 29.8 Å². The fraction of sp³-hybridized carbons (Fsp3) is 0.250. The van der Waals surface area contributed by atoms with Gasteiger partial charge in [0.1, 0.15) is 5.75 Å². The maximum absolute atomic E-state index is 12.4. The molecule has 2 aromatic carbocycles. The van der Waals surface area contributed by atoms with Crippen molar-refractivity contribution in [1.82, 2.24) is 0 Å². The van der Waals surface area contributed by atoms with Crippen LogP contribution < -0.4 is 9.46 Å². The SMILES string of the molecule is Cc1ccc(S(=O)(=O)Nc2ccccc2OC(C)C)cc1. The fourth-order valence-corrected chi connectivity index (χ4v) is 2.90. The minimum absolute atomic E-state index is 0.0324. The van der Waals surface area contributed by atoms with Crippen LogP contribution in [0.4, 0.5) is 5.69 Å². The van der Waals surface area contributed by atoms with Gasteiger partial charge in [-0.25, -0.2) is 8.42 Å². The first-order chi connectivity index (χ1) is 9.88. The molecule has 0 aliphatic heterocycles. The molecule has 0 saturated heterocycles. The average Bonchev–Trinajstić information content (AvgIpc) is 2.40. The molecule has 2 aromatic rings. The topological polar surface area (TPSA) is 55.4 Å². The van der Waals surface area contributed by atoms with E-state index < -0.39 is 10.0 Å². The molecule has 1 N–H and O–H groups in total. The van der Waals surface area contributed by atoms with Gasteiger partial charge >= 0.3 is 0 Å². The van der Waals surface area contributed by atoms with E-state index in [1.54, 1.807) is 48.5 Å². The van der Waals surface area contributed by atoms with Gasteiger partial charge in [0.15, 0.2) is 0 Å². The summed E-state index contributed by atoms with van der Waals surface area (Å²) in [5, 5.41) is 0.